The number of fused-ring (bicyclic) bond motifs is 3. The lowest BCUT2D eigenvalue weighted by Crippen LogP contribution is -2.24. The molecule has 0 fully saturated rings. The summed E-state index contributed by atoms with van der Waals surface area (Å²) in [5, 5.41) is 5.81. The van der Waals surface area contributed by atoms with Crippen LogP contribution in [0.15, 0.2) is 16.6 Å². The maximum absolute atomic E-state index is 6.07. The highest BCUT2D eigenvalue weighted by Crippen LogP contribution is 2.51. The van der Waals surface area contributed by atoms with Crippen LogP contribution in [0, 0.1) is 249 Å². The van der Waals surface area contributed by atoms with Crippen LogP contribution in [-0.4, -0.2) is 26.4 Å². The van der Waals surface area contributed by atoms with Crippen LogP contribution in [0.3, 0.4) is 0 Å². The third-order valence-corrected chi connectivity index (χ3v) is 28.7. The average molecular weight is 1590 g/mol. The lowest BCUT2D eigenvalue weighted by molar-refractivity contribution is 0.291. The molecule has 9 aromatic carbocycles. The van der Waals surface area contributed by atoms with Crippen LogP contribution >= 0.6 is 15.9 Å². The first-order chi connectivity index (χ1) is 52.2. The van der Waals surface area contributed by atoms with Crippen LogP contribution in [0.25, 0.3) is 21.5 Å². The van der Waals surface area contributed by atoms with E-state index in [1.807, 2.05) is 0 Å². The third kappa shape index (κ3) is 21.2. The first-order valence-corrected chi connectivity index (χ1v) is 43.3. The van der Waals surface area contributed by atoms with E-state index in [0.717, 1.165) is 92.6 Å². The van der Waals surface area contributed by atoms with Crippen molar-refractivity contribution >= 4 is 43.2 Å². The zero-order valence-electron chi connectivity index (χ0n) is 79.4. The molecule has 9 aromatic rings. The summed E-state index contributed by atoms with van der Waals surface area (Å²) in [6.45, 7) is 95.6. The lowest BCUT2D eigenvalue weighted by atomic mass is 9.65. The fourth-order valence-corrected chi connectivity index (χ4v) is 16.9. The highest BCUT2D eigenvalue weighted by atomic mass is 79.9. The van der Waals surface area contributed by atoms with Crippen LogP contribution in [0.5, 0.6) is 23.0 Å². The summed E-state index contributed by atoms with van der Waals surface area (Å²) in [6, 6.07) is 4.67. The van der Waals surface area contributed by atoms with Crippen molar-refractivity contribution in [3.8, 4) is 23.0 Å². The SMILES string of the molecule is CCCCCOc1c(C)c(C)c(OCCCCC)c(C)c1C.CCCOc1c(C)c(C)c(OCCC)c(C)c1C.Cc1c(C)c(C)c(Br)c(C)c1C.Cc1c(C)c(C)c(N)c(C)c1C.Cc1c(C)c(C)c2c(C)c(C)c(C)c(C)c2c1C.Cc1c(C)c(C)c2c(c1C)C(C)C2C.Cc1cc2c(C)c(C)c(C)c(C)c2cc1C. The highest BCUT2D eigenvalue weighted by Gasteiger charge is 2.35. The molecule has 0 radical (unpaired) electrons. The zero-order chi connectivity index (χ0) is 85.6. The number of hydrogen-bond donors (Lipinski definition) is 1. The Kier molecular flexibility index (Phi) is 37.0. The van der Waals surface area contributed by atoms with Crippen LogP contribution in [0.4, 0.5) is 5.69 Å². The molecule has 0 saturated carbocycles. The Labute approximate surface area is 694 Å². The van der Waals surface area contributed by atoms with Gasteiger partial charge in [-0.05, 0) is 520 Å². The summed E-state index contributed by atoms with van der Waals surface area (Å²) < 4.78 is 25.2. The molecule has 10 rings (SSSR count). The molecule has 2 atom stereocenters. The van der Waals surface area contributed by atoms with Crippen molar-refractivity contribution in [2.75, 3.05) is 32.2 Å². The Morgan fingerprint density at radius 3 is 0.688 bits per heavy atom. The van der Waals surface area contributed by atoms with Gasteiger partial charge in [0.1, 0.15) is 23.0 Å². The monoisotopic (exact) mass is 1590 g/mol. The summed E-state index contributed by atoms with van der Waals surface area (Å²) in [5.41, 5.74) is 59.6. The molecule has 0 aromatic heterocycles. The topological polar surface area (TPSA) is 62.9 Å². The van der Waals surface area contributed by atoms with Crippen molar-refractivity contribution in [1.29, 1.82) is 0 Å². The van der Waals surface area contributed by atoms with E-state index in [1.54, 1.807) is 11.1 Å². The molecule has 112 heavy (non-hydrogen) atoms. The van der Waals surface area contributed by atoms with E-state index in [-0.39, 0.29) is 0 Å². The molecule has 6 heteroatoms. The average Bonchev–Trinajstić information content (AvgIpc) is 0.739. The van der Waals surface area contributed by atoms with Crippen molar-refractivity contribution in [3.05, 3.63) is 228 Å². The number of anilines is 1. The van der Waals surface area contributed by atoms with Gasteiger partial charge in [-0.15, -0.1) is 0 Å². The summed E-state index contributed by atoms with van der Waals surface area (Å²) in [5.74, 6) is 5.73. The van der Waals surface area contributed by atoms with E-state index in [1.165, 1.54) is 252 Å². The molecule has 2 unspecified atom stereocenters. The molecular formula is C106H156BrNO4. The van der Waals surface area contributed by atoms with Gasteiger partial charge in [-0.2, -0.15) is 0 Å². The van der Waals surface area contributed by atoms with Gasteiger partial charge in [-0.3, -0.25) is 0 Å². The number of ether oxygens (including phenoxy) is 4. The number of halogens is 1. The van der Waals surface area contributed by atoms with Crippen LogP contribution in [-0.2, 0) is 0 Å². The predicted molar refractivity (Wildman–Crippen MR) is 501 cm³/mol. The van der Waals surface area contributed by atoms with E-state index < -0.39 is 0 Å². The Morgan fingerprint density at radius 1 is 0.241 bits per heavy atom. The molecule has 0 bridgehead atoms. The number of hydrogen-bond acceptors (Lipinski definition) is 5. The largest absolute Gasteiger partial charge is 0.493 e. The molecule has 0 saturated heterocycles. The normalized spacial score (nSPS) is 12.5. The Morgan fingerprint density at radius 2 is 0.446 bits per heavy atom. The fourth-order valence-electron chi connectivity index (χ4n) is 16.3. The quantitative estimate of drug-likeness (QED) is 0.0771. The minimum absolute atomic E-state index is 0.767. The molecule has 0 spiro atoms. The molecule has 5 nitrogen and oxygen atoms in total. The number of unbranched alkanes of at least 4 members (excludes halogenated alkanes) is 4. The van der Waals surface area contributed by atoms with Crippen molar-refractivity contribution in [2.24, 2.45) is 0 Å². The van der Waals surface area contributed by atoms with E-state index in [9.17, 15) is 0 Å². The molecule has 0 heterocycles. The first kappa shape index (κ1) is 97.3. The van der Waals surface area contributed by atoms with Crippen LogP contribution < -0.4 is 24.7 Å². The van der Waals surface area contributed by atoms with E-state index in [4.69, 9.17) is 24.7 Å². The zero-order valence-corrected chi connectivity index (χ0v) is 81.0. The second-order valence-electron chi connectivity index (χ2n) is 33.7. The van der Waals surface area contributed by atoms with Gasteiger partial charge in [0.2, 0.25) is 0 Å². The van der Waals surface area contributed by atoms with Gasteiger partial charge in [0.15, 0.2) is 0 Å². The molecular weight excluding hydrogens is 1430 g/mol. The Bertz CT molecular complexity index is 4230. The van der Waals surface area contributed by atoms with Crippen LogP contribution in [0.2, 0.25) is 0 Å². The van der Waals surface area contributed by atoms with Gasteiger partial charge in [0, 0.05) is 10.2 Å². The molecule has 616 valence electrons. The molecule has 2 N–H and O–H groups in total. The summed E-state index contributed by atoms with van der Waals surface area (Å²) >= 11 is 3.61. The van der Waals surface area contributed by atoms with Crippen molar-refractivity contribution in [2.45, 2.75) is 354 Å². The van der Waals surface area contributed by atoms with Gasteiger partial charge in [0.05, 0.1) is 26.4 Å². The van der Waals surface area contributed by atoms with Crippen molar-refractivity contribution in [1.82, 2.24) is 0 Å². The van der Waals surface area contributed by atoms with Gasteiger partial charge >= 0.3 is 0 Å². The van der Waals surface area contributed by atoms with E-state index in [0.29, 0.717) is 0 Å². The maximum atomic E-state index is 6.07. The highest BCUT2D eigenvalue weighted by molar-refractivity contribution is 9.10. The maximum Gasteiger partial charge on any atom is 0.125 e. The van der Waals surface area contributed by atoms with Crippen LogP contribution in [0.1, 0.15) is 316 Å². The number of rotatable bonds is 16. The second kappa shape index (κ2) is 42.6. The molecule has 1 aliphatic carbocycles. The summed E-state index contributed by atoms with van der Waals surface area (Å²) in [6.07, 6.45) is 9.23. The Hall–Kier alpha value is -7.02. The molecule has 1 aliphatic rings. The number of nitrogens with two attached hydrogens (primary N) is 1. The van der Waals surface area contributed by atoms with Gasteiger partial charge < -0.3 is 24.7 Å². The molecule has 0 amide bonds. The Balaban J connectivity index is 0.000000278. The standard InChI is InChI=1S/C20H34O2.C18H24.C16H26O2.C16H20.C14H20.C11H15Br.C11H17N/c1-7-9-11-13-21-19-15(3)17(5)20(18(6)16(19)4)22-14-12-10-8-2;1-9-10(2)14(6)18-16(8)12(4)11(3)15(7)17(18)13(9)5;1-7-9-17-15-11(3)13(5)16(18-10-8-2)14(6)12(15)4;1-9-7-15-13(5)11(3)12(4)14(6)16(15)8-10(9)2;1-7-8(2)10(4)14-12(6)11(5)13(14)9(7)3;2*1-6-7(2)9(4)11(12)10(5)8(6)3/h7-14H2,1-6H3;1-8H3;7-10H2,1-6H3;7-8H,1-6H3;11-12H,1-6H3;1-5H3;12H2,1-5H3. The summed E-state index contributed by atoms with van der Waals surface area (Å²) in [4.78, 5) is 0. The third-order valence-electron chi connectivity index (χ3n) is 27.5. The fraction of sp³-hybridized carbons (Fsp3) is 0.528. The van der Waals surface area contributed by atoms with Gasteiger partial charge in [-0.1, -0.05) is 95.3 Å². The lowest BCUT2D eigenvalue weighted by Gasteiger charge is -2.40. The van der Waals surface area contributed by atoms with E-state index >= 15 is 0 Å². The number of aryl methyl sites for hydroxylation is 8. The number of benzene rings is 9. The minimum Gasteiger partial charge on any atom is -0.493 e. The van der Waals surface area contributed by atoms with Crippen molar-refractivity contribution < 1.29 is 18.9 Å². The number of nitrogen functional groups attached to an aromatic ring is 1. The van der Waals surface area contributed by atoms with Gasteiger partial charge in [0.25, 0.3) is 0 Å². The van der Waals surface area contributed by atoms with Crippen molar-refractivity contribution in [3.63, 3.8) is 0 Å². The predicted octanol–water partition coefficient (Wildman–Crippen LogP) is 31.5. The summed E-state index contributed by atoms with van der Waals surface area (Å²) in [7, 11) is 0. The smallest absolute Gasteiger partial charge is 0.125 e. The molecule has 0 aliphatic heterocycles. The first-order valence-electron chi connectivity index (χ1n) is 42.5. The minimum atomic E-state index is 0.767. The second-order valence-corrected chi connectivity index (χ2v) is 34.5. The van der Waals surface area contributed by atoms with Gasteiger partial charge in [-0.25, -0.2) is 0 Å². The van der Waals surface area contributed by atoms with E-state index in [2.05, 4.69) is 319 Å².